The Bertz CT molecular complexity index is 506. The average Bonchev–Trinajstić information content (AvgIpc) is 2.92. The summed E-state index contributed by atoms with van der Waals surface area (Å²) in [6, 6.07) is 11.0. The fraction of sp³-hybridized carbons (Fsp3) is 0.214. The number of rotatable bonds is 6. The first-order valence-corrected chi connectivity index (χ1v) is 6.72. The molecular formula is C14H14O3S. The lowest BCUT2D eigenvalue weighted by Gasteiger charge is -2.03. The molecule has 2 aromatic rings. The molecule has 0 unspecified atom stereocenters. The highest BCUT2D eigenvalue weighted by molar-refractivity contribution is 7.99. The molecule has 0 spiro atoms. The van der Waals surface area contributed by atoms with Gasteiger partial charge in [-0.1, -0.05) is 12.1 Å². The van der Waals surface area contributed by atoms with E-state index < -0.39 is 0 Å². The summed E-state index contributed by atoms with van der Waals surface area (Å²) < 4.78 is 10.3. The Labute approximate surface area is 110 Å². The monoisotopic (exact) mass is 262 g/mol. The van der Waals surface area contributed by atoms with Gasteiger partial charge in [-0.15, -0.1) is 11.8 Å². The van der Waals surface area contributed by atoms with Crippen molar-refractivity contribution in [3.63, 3.8) is 0 Å². The van der Waals surface area contributed by atoms with Crippen LogP contribution in [-0.2, 0) is 5.75 Å². The number of benzene rings is 1. The molecule has 0 amide bonds. The van der Waals surface area contributed by atoms with Crippen LogP contribution in [0.1, 0.15) is 16.1 Å². The second-order valence-electron chi connectivity index (χ2n) is 3.73. The molecule has 0 bridgehead atoms. The van der Waals surface area contributed by atoms with Gasteiger partial charge in [-0.2, -0.15) is 0 Å². The van der Waals surface area contributed by atoms with Gasteiger partial charge in [0.2, 0.25) is 0 Å². The van der Waals surface area contributed by atoms with Gasteiger partial charge in [0.15, 0.2) is 5.78 Å². The van der Waals surface area contributed by atoms with E-state index in [1.54, 1.807) is 37.3 Å². The predicted molar refractivity (Wildman–Crippen MR) is 72.2 cm³/mol. The number of carbonyl (C=O) groups is 1. The lowest BCUT2D eigenvalue weighted by molar-refractivity contribution is 0.102. The number of ketones is 1. The SMILES string of the molecule is COc1cccc(C(=O)CSCc2ccco2)c1. The summed E-state index contributed by atoms with van der Waals surface area (Å²) in [6.45, 7) is 0. The van der Waals surface area contributed by atoms with Crippen LogP contribution in [0.2, 0.25) is 0 Å². The Balaban J connectivity index is 1.87. The maximum atomic E-state index is 11.9. The van der Waals surface area contributed by atoms with Gasteiger partial charge in [0.25, 0.3) is 0 Å². The molecule has 0 saturated carbocycles. The highest BCUT2D eigenvalue weighted by Gasteiger charge is 2.07. The van der Waals surface area contributed by atoms with Gasteiger partial charge < -0.3 is 9.15 Å². The number of Topliss-reactive ketones (excluding diaryl/α,β-unsaturated/α-hetero) is 1. The Hall–Kier alpha value is -1.68. The molecule has 0 fully saturated rings. The van der Waals surface area contributed by atoms with Crippen LogP contribution in [0.5, 0.6) is 5.75 Å². The average molecular weight is 262 g/mol. The second-order valence-corrected chi connectivity index (χ2v) is 4.71. The molecule has 0 aliphatic heterocycles. The van der Waals surface area contributed by atoms with E-state index in [9.17, 15) is 4.79 Å². The molecule has 0 aliphatic carbocycles. The van der Waals surface area contributed by atoms with Gasteiger partial charge in [-0.3, -0.25) is 4.79 Å². The van der Waals surface area contributed by atoms with Crippen LogP contribution < -0.4 is 4.74 Å². The largest absolute Gasteiger partial charge is 0.497 e. The zero-order valence-electron chi connectivity index (χ0n) is 10.1. The third kappa shape index (κ3) is 3.40. The molecule has 18 heavy (non-hydrogen) atoms. The van der Waals surface area contributed by atoms with Gasteiger partial charge in [0, 0.05) is 5.56 Å². The number of hydrogen-bond donors (Lipinski definition) is 0. The third-order valence-corrected chi connectivity index (χ3v) is 3.40. The molecule has 94 valence electrons. The molecule has 0 radical (unpaired) electrons. The number of methoxy groups -OCH3 is 1. The minimum absolute atomic E-state index is 0.102. The van der Waals surface area contributed by atoms with Crippen LogP contribution in [-0.4, -0.2) is 18.6 Å². The highest BCUT2D eigenvalue weighted by atomic mass is 32.2. The van der Waals surface area contributed by atoms with Crippen LogP contribution in [0, 0.1) is 0 Å². The van der Waals surface area contributed by atoms with Gasteiger partial charge >= 0.3 is 0 Å². The molecule has 1 aromatic heterocycles. The maximum Gasteiger partial charge on any atom is 0.172 e. The summed E-state index contributed by atoms with van der Waals surface area (Å²) in [5, 5.41) is 0. The first kappa shape index (κ1) is 12.8. The lowest BCUT2D eigenvalue weighted by atomic mass is 10.1. The summed E-state index contributed by atoms with van der Waals surface area (Å²) >= 11 is 1.54. The lowest BCUT2D eigenvalue weighted by Crippen LogP contribution is -2.02. The zero-order chi connectivity index (χ0) is 12.8. The van der Waals surface area contributed by atoms with E-state index in [1.165, 1.54) is 0 Å². The summed E-state index contributed by atoms with van der Waals surface area (Å²) in [5.41, 5.74) is 0.682. The maximum absolute atomic E-state index is 11.9. The van der Waals surface area contributed by atoms with E-state index in [4.69, 9.17) is 9.15 Å². The number of hydrogen-bond acceptors (Lipinski definition) is 4. The van der Waals surface area contributed by atoms with Crippen molar-refractivity contribution >= 4 is 17.5 Å². The van der Waals surface area contributed by atoms with Gasteiger partial charge in [0.1, 0.15) is 11.5 Å². The number of furan rings is 1. The van der Waals surface area contributed by atoms with Gasteiger partial charge in [0.05, 0.1) is 24.9 Å². The molecule has 3 nitrogen and oxygen atoms in total. The van der Waals surface area contributed by atoms with Crippen LogP contribution in [0.4, 0.5) is 0 Å². The summed E-state index contributed by atoms with van der Waals surface area (Å²) in [4.78, 5) is 11.9. The molecule has 0 N–H and O–H groups in total. The van der Waals surface area contributed by atoms with Crippen molar-refractivity contribution in [2.75, 3.05) is 12.9 Å². The van der Waals surface area contributed by atoms with Crippen molar-refractivity contribution in [2.24, 2.45) is 0 Å². The molecule has 0 atom stereocenters. The molecule has 4 heteroatoms. The van der Waals surface area contributed by atoms with E-state index in [1.807, 2.05) is 24.3 Å². The van der Waals surface area contributed by atoms with Crippen LogP contribution in [0.25, 0.3) is 0 Å². The van der Waals surface area contributed by atoms with E-state index >= 15 is 0 Å². The summed E-state index contributed by atoms with van der Waals surface area (Å²) in [6.07, 6.45) is 1.64. The van der Waals surface area contributed by atoms with E-state index in [0.29, 0.717) is 22.8 Å². The minimum Gasteiger partial charge on any atom is -0.497 e. The molecular weight excluding hydrogens is 248 g/mol. The van der Waals surface area contributed by atoms with Crippen molar-refractivity contribution in [3.8, 4) is 5.75 Å². The van der Waals surface area contributed by atoms with E-state index in [0.717, 1.165) is 5.76 Å². The van der Waals surface area contributed by atoms with Crippen molar-refractivity contribution in [1.82, 2.24) is 0 Å². The normalized spacial score (nSPS) is 10.3. The van der Waals surface area contributed by atoms with Crippen LogP contribution >= 0.6 is 11.8 Å². The summed E-state index contributed by atoms with van der Waals surface area (Å²) in [5.74, 6) is 2.84. The number of ether oxygens (including phenoxy) is 1. The van der Waals surface area contributed by atoms with Crippen LogP contribution in [0.15, 0.2) is 47.1 Å². The zero-order valence-corrected chi connectivity index (χ0v) is 10.9. The number of thioether (sulfide) groups is 1. The van der Waals surface area contributed by atoms with Gasteiger partial charge in [-0.05, 0) is 24.3 Å². The highest BCUT2D eigenvalue weighted by Crippen LogP contribution is 2.17. The topological polar surface area (TPSA) is 39.4 Å². The second kappa shape index (κ2) is 6.31. The fourth-order valence-corrected chi connectivity index (χ4v) is 2.34. The standard InChI is InChI=1S/C14H14O3S/c1-16-12-5-2-4-11(8-12)14(15)10-18-9-13-6-3-7-17-13/h2-8H,9-10H2,1H3. The minimum atomic E-state index is 0.102. The molecule has 2 rings (SSSR count). The van der Waals surface area contributed by atoms with Crippen molar-refractivity contribution in [1.29, 1.82) is 0 Å². The van der Waals surface area contributed by atoms with Crippen LogP contribution in [0.3, 0.4) is 0 Å². The fourth-order valence-electron chi connectivity index (χ4n) is 1.52. The summed E-state index contributed by atoms with van der Waals surface area (Å²) in [7, 11) is 1.59. The van der Waals surface area contributed by atoms with E-state index in [2.05, 4.69) is 0 Å². The predicted octanol–water partition coefficient (Wildman–Crippen LogP) is 3.40. The Morgan fingerprint density at radius 3 is 2.94 bits per heavy atom. The van der Waals surface area contributed by atoms with Gasteiger partial charge in [-0.25, -0.2) is 0 Å². The smallest absolute Gasteiger partial charge is 0.172 e. The first-order chi connectivity index (χ1) is 8.79. The van der Waals surface area contributed by atoms with Crippen molar-refractivity contribution in [2.45, 2.75) is 5.75 Å². The molecule has 0 saturated heterocycles. The van der Waals surface area contributed by atoms with Crippen molar-refractivity contribution < 1.29 is 13.9 Å². The quantitative estimate of drug-likeness (QED) is 0.748. The molecule has 0 aliphatic rings. The Kier molecular flexibility index (Phi) is 4.47. The number of carbonyl (C=O) groups excluding carboxylic acids is 1. The molecule has 1 aromatic carbocycles. The first-order valence-electron chi connectivity index (χ1n) is 5.57. The Morgan fingerprint density at radius 1 is 1.33 bits per heavy atom. The third-order valence-electron chi connectivity index (χ3n) is 2.45. The molecule has 1 heterocycles. The Morgan fingerprint density at radius 2 is 2.22 bits per heavy atom. The van der Waals surface area contributed by atoms with E-state index in [-0.39, 0.29) is 5.78 Å². The van der Waals surface area contributed by atoms with Crippen molar-refractivity contribution in [3.05, 3.63) is 54.0 Å².